The highest BCUT2D eigenvalue weighted by Gasteiger charge is 2.27. The Bertz CT molecular complexity index is 253. The summed E-state index contributed by atoms with van der Waals surface area (Å²) in [6, 6.07) is 0.265. The summed E-state index contributed by atoms with van der Waals surface area (Å²) >= 11 is 0. The lowest BCUT2D eigenvalue weighted by Crippen LogP contribution is -2.53. The highest BCUT2D eigenvalue weighted by Crippen LogP contribution is 2.11. The van der Waals surface area contributed by atoms with Crippen LogP contribution >= 0.6 is 0 Å². The summed E-state index contributed by atoms with van der Waals surface area (Å²) in [5.41, 5.74) is 0. The van der Waals surface area contributed by atoms with Crippen molar-refractivity contribution in [3.63, 3.8) is 0 Å². The molecular formula is C13H27N3O2. The quantitative estimate of drug-likeness (QED) is 0.736. The first-order valence-corrected chi connectivity index (χ1v) is 6.82. The summed E-state index contributed by atoms with van der Waals surface area (Å²) in [5.74, 6) is 0.152. The minimum Gasteiger partial charge on any atom is -0.374 e. The standard InChI is InChI=1S/C13H27N3O2/c1-5-7-16(10-13(17)15(3)4)11(2)12-9-14-6-8-18-12/h11-12,14H,5-10H2,1-4H3. The zero-order chi connectivity index (χ0) is 13.5. The number of nitrogens with one attached hydrogen (secondary N) is 1. The predicted molar refractivity (Wildman–Crippen MR) is 72.6 cm³/mol. The van der Waals surface area contributed by atoms with Crippen molar-refractivity contribution in [2.24, 2.45) is 0 Å². The average molecular weight is 257 g/mol. The Balaban J connectivity index is 2.55. The van der Waals surface area contributed by atoms with Crippen molar-refractivity contribution in [2.75, 3.05) is 46.9 Å². The molecule has 1 fully saturated rings. The van der Waals surface area contributed by atoms with Gasteiger partial charge in [-0.3, -0.25) is 9.69 Å². The molecule has 0 spiro atoms. The van der Waals surface area contributed by atoms with Gasteiger partial charge in [0.25, 0.3) is 0 Å². The van der Waals surface area contributed by atoms with E-state index in [0.29, 0.717) is 6.54 Å². The van der Waals surface area contributed by atoms with E-state index in [4.69, 9.17) is 4.74 Å². The molecule has 5 nitrogen and oxygen atoms in total. The van der Waals surface area contributed by atoms with Crippen molar-refractivity contribution in [1.29, 1.82) is 0 Å². The molecule has 1 aliphatic rings. The Morgan fingerprint density at radius 3 is 2.72 bits per heavy atom. The monoisotopic (exact) mass is 257 g/mol. The van der Waals surface area contributed by atoms with E-state index >= 15 is 0 Å². The largest absolute Gasteiger partial charge is 0.374 e. The zero-order valence-electron chi connectivity index (χ0n) is 12.1. The highest BCUT2D eigenvalue weighted by molar-refractivity contribution is 5.77. The third-order valence-corrected chi connectivity index (χ3v) is 3.42. The SMILES string of the molecule is CCCN(CC(=O)N(C)C)C(C)C1CNCCO1. The van der Waals surface area contributed by atoms with Crippen LogP contribution in [0.2, 0.25) is 0 Å². The number of likely N-dealkylation sites (N-methyl/N-ethyl adjacent to an activating group) is 1. The van der Waals surface area contributed by atoms with E-state index in [1.165, 1.54) is 0 Å². The summed E-state index contributed by atoms with van der Waals surface area (Å²) in [6.45, 7) is 8.25. The van der Waals surface area contributed by atoms with Crippen LogP contribution in [0.5, 0.6) is 0 Å². The fraction of sp³-hybridized carbons (Fsp3) is 0.923. The van der Waals surface area contributed by atoms with Gasteiger partial charge in [-0.05, 0) is 19.9 Å². The summed E-state index contributed by atoms with van der Waals surface area (Å²) in [7, 11) is 3.60. The molecule has 0 radical (unpaired) electrons. The van der Waals surface area contributed by atoms with E-state index < -0.39 is 0 Å². The number of nitrogens with zero attached hydrogens (tertiary/aromatic N) is 2. The van der Waals surface area contributed by atoms with Gasteiger partial charge in [-0.1, -0.05) is 6.92 Å². The number of hydrogen-bond acceptors (Lipinski definition) is 4. The number of rotatable bonds is 6. The zero-order valence-corrected chi connectivity index (χ0v) is 12.1. The topological polar surface area (TPSA) is 44.8 Å². The molecule has 0 aliphatic carbocycles. The fourth-order valence-electron chi connectivity index (χ4n) is 2.16. The van der Waals surface area contributed by atoms with Crippen molar-refractivity contribution < 1.29 is 9.53 Å². The van der Waals surface area contributed by atoms with Gasteiger partial charge in [-0.25, -0.2) is 0 Å². The van der Waals surface area contributed by atoms with Crippen molar-refractivity contribution in [3.05, 3.63) is 0 Å². The van der Waals surface area contributed by atoms with Crippen molar-refractivity contribution in [3.8, 4) is 0 Å². The van der Waals surface area contributed by atoms with Crippen molar-refractivity contribution in [2.45, 2.75) is 32.4 Å². The summed E-state index contributed by atoms with van der Waals surface area (Å²) < 4.78 is 5.78. The minimum absolute atomic E-state index is 0.152. The number of hydrogen-bond donors (Lipinski definition) is 1. The van der Waals surface area contributed by atoms with E-state index in [-0.39, 0.29) is 18.1 Å². The van der Waals surface area contributed by atoms with Gasteiger partial charge >= 0.3 is 0 Å². The van der Waals surface area contributed by atoms with Crippen LogP contribution in [0.3, 0.4) is 0 Å². The third-order valence-electron chi connectivity index (χ3n) is 3.42. The van der Waals surface area contributed by atoms with E-state index in [0.717, 1.165) is 32.7 Å². The first-order valence-electron chi connectivity index (χ1n) is 6.82. The molecule has 0 aromatic carbocycles. The number of carbonyl (C=O) groups excluding carboxylic acids is 1. The molecule has 106 valence electrons. The summed E-state index contributed by atoms with van der Waals surface area (Å²) in [4.78, 5) is 15.7. The molecule has 1 rings (SSSR count). The molecule has 1 aliphatic heterocycles. The van der Waals surface area contributed by atoms with E-state index in [9.17, 15) is 4.79 Å². The molecule has 1 amide bonds. The molecule has 5 heteroatoms. The third kappa shape index (κ3) is 4.55. The molecule has 18 heavy (non-hydrogen) atoms. The maximum absolute atomic E-state index is 11.8. The van der Waals surface area contributed by atoms with Crippen LogP contribution in [0, 0.1) is 0 Å². The Hall–Kier alpha value is -0.650. The predicted octanol–water partition coefficient (Wildman–Crippen LogP) is 0.164. The van der Waals surface area contributed by atoms with Crippen LogP contribution in [0.25, 0.3) is 0 Å². The second kappa shape index (κ2) is 7.71. The van der Waals surface area contributed by atoms with Gasteiger partial charge in [0.2, 0.25) is 5.91 Å². The molecule has 2 unspecified atom stereocenters. The molecule has 0 aromatic heterocycles. The van der Waals surface area contributed by atoms with Crippen LogP contribution in [0.1, 0.15) is 20.3 Å². The van der Waals surface area contributed by atoms with Crippen molar-refractivity contribution in [1.82, 2.24) is 15.1 Å². The molecule has 0 bridgehead atoms. The van der Waals surface area contributed by atoms with Crippen molar-refractivity contribution >= 4 is 5.91 Å². The van der Waals surface area contributed by atoms with Gasteiger partial charge in [-0.2, -0.15) is 0 Å². The average Bonchev–Trinajstić information content (AvgIpc) is 2.38. The van der Waals surface area contributed by atoms with Crippen LogP contribution < -0.4 is 5.32 Å². The lowest BCUT2D eigenvalue weighted by Gasteiger charge is -2.36. The van der Waals surface area contributed by atoms with Gasteiger partial charge < -0.3 is 15.0 Å². The Labute approximate surface area is 110 Å². The number of morpholine rings is 1. The normalized spacial score (nSPS) is 21.9. The number of amides is 1. The maximum Gasteiger partial charge on any atom is 0.236 e. The lowest BCUT2D eigenvalue weighted by molar-refractivity contribution is -0.131. The number of carbonyl (C=O) groups is 1. The van der Waals surface area contributed by atoms with Gasteiger partial charge in [0.1, 0.15) is 0 Å². The lowest BCUT2D eigenvalue weighted by atomic mass is 10.1. The molecule has 0 aromatic rings. The molecule has 1 heterocycles. The van der Waals surface area contributed by atoms with Gasteiger partial charge in [0, 0.05) is 33.2 Å². The first-order chi connectivity index (χ1) is 8.56. The molecule has 1 saturated heterocycles. The molecular weight excluding hydrogens is 230 g/mol. The van der Waals surface area contributed by atoms with E-state index in [1.54, 1.807) is 19.0 Å². The Morgan fingerprint density at radius 1 is 1.50 bits per heavy atom. The van der Waals surface area contributed by atoms with Crippen LogP contribution in [-0.2, 0) is 9.53 Å². The van der Waals surface area contributed by atoms with Gasteiger partial charge in [-0.15, -0.1) is 0 Å². The Morgan fingerprint density at radius 2 is 2.22 bits per heavy atom. The first kappa shape index (κ1) is 15.4. The summed E-state index contributed by atoms with van der Waals surface area (Å²) in [5, 5.41) is 3.34. The maximum atomic E-state index is 11.8. The second-order valence-electron chi connectivity index (χ2n) is 5.11. The molecule has 1 N–H and O–H groups in total. The van der Waals surface area contributed by atoms with Crippen LogP contribution in [0.4, 0.5) is 0 Å². The van der Waals surface area contributed by atoms with Gasteiger partial charge in [0.15, 0.2) is 0 Å². The molecule has 2 atom stereocenters. The molecule has 0 saturated carbocycles. The highest BCUT2D eigenvalue weighted by atomic mass is 16.5. The second-order valence-corrected chi connectivity index (χ2v) is 5.11. The smallest absolute Gasteiger partial charge is 0.236 e. The van der Waals surface area contributed by atoms with E-state index in [1.807, 2.05) is 0 Å². The van der Waals surface area contributed by atoms with Gasteiger partial charge in [0.05, 0.1) is 19.3 Å². The fourth-order valence-corrected chi connectivity index (χ4v) is 2.16. The summed E-state index contributed by atoms with van der Waals surface area (Å²) in [6.07, 6.45) is 1.23. The van der Waals surface area contributed by atoms with Crippen LogP contribution in [-0.4, -0.2) is 74.7 Å². The minimum atomic E-state index is 0.152. The van der Waals surface area contributed by atoms with E-state index in [2.05, 4.69) is 24.1 Å². The number of ether oxygens (including phenoxy) is 1. The van der Waals surface area contributed by atoms with Crippen LogP contribution in [0.15, 0.2) is 0 Å². The Kier molecular flexibility index (Phi) is 6.60.